The average molecular weight is 538 g/mol. The normalized spacial score (nSPS) is 14.6. The largest absolute Gasteiger partial charge is 0.384 e. The first-order valence-electron chi connectivity index (χ1n) is 12.8. The molecule has 5 heterocycles. The number of ether oxygens (including phenoxy) is 1. The summed E-state index contributed by atoms with van der Waals surface area (Å²) in [5, 5.41) is 11.9. The maximum Gasteiger partial charge on any atom is 0.267 e. The Morgan fingerprint density at radius 2 is 1.97 bits per heavy atom. The molecule has 0 unspecified atom stereocenters. The molecule has 0 radical (unpaired) electrons. The van der Waals surface area contributed by atoms with Gasteiger partial charge in [0.05, 0.1) is 29.6 Å². The Morgan fingerprint density at radius 1 is 1.11 bits per heavy atom. The molecule has 6 rings (SSSR count). The van der Waals surface area contributed by atoms with Gasteiger partial charge in [-0.15, -0.1) is 11.3 Å². The van der Waals surface area contributed by atoms with Crippen LogP contribution in [0.1, 0.15) is 35.3 Å². The predicted molar refractivity (Wildman–Crippen MR) is 152 cm³/mol. The van der Waals surface area contributed by atoms with Crippen molar-refractivity contribution in [3.05, 3.63) is 74.1 Å². The number of thiophene rings is 1. The molecule has 7 nitrogen and oxygen atoms in total. The van der Waals surface area contributed by atoms with Gasteiger partial charge < -0.3 is 15.4 Å². The molecule has 2 aliphatic heterocycles. The molecule has 2 aliphatic rings. The zero-order valence-corrected chi connectivity index (χ0v) is 22.6. The highest BCUT2D eigenvalue weighted by molar-refractivity contribution is 7.19. The van der Waals surface area contributed by atoms with Crippen molar-refractivity contribution in [1.29, 1.82) is 0 Å². The number of hydrogen-bond acceptors (Lipinski definition) is 7. The number of aromatic nitrogens is 3. The van der Waals surface area contributed by atoms with Gasteiger partial charge in [0.25, 0.3) is 5.56 Å². The van der Waals surface area contributed by atoms with Crippen LogP contribution in [-0.2, 0) is 24.1 Å². The highest BCUT2D eigenvalue weighted by Gasteiger charge is 2.18. The van der Waals surface area contributed by atoms with Crippen LogP contribution in [0, 0.1) is 0 Å². The fourth-order valence-corrected chi connectivity index (χ4v) is 6.14. The fourth-order valence-electron chi connectivity index (χ4n) is 4.77. The van der Waals surface area contributed by atoms with Crippen molar-refractivity contribution in [2.45, 2.75) is 38.6 Å². The molecule has 0 bridgehead atoms. The minimum atomic E-state index is -0.114. The van der Waals surface area contributed by atoms with E-state index in [-0.39, 0.29) is 5.56 Å². The van der Waals surface area contributed by atoms with E-state index in [0.717, 1.165) is 61.9 Å². The summed E-state index contributed by atoms with van der Waals surface area (Å²) in [6, 6.07) is 9.80. The van der Waals surface area contributed by atoms with E-state index >= 15 is 0 Å². The topological polar surface area (TPSA) is 81.1 Å². The Morgan fingerprint density at radius 3 is 2.73 bits per heavy atom. The van der Waals surface area contributed by atoms with E-state index in [4.69, 9.17) is 16.3 Å². The molecule has 0 amide bonds. The first-order valence-corrected chi connectivity index (χ1v) is 14.0. The Hall–Kier alpha value is -2.78. The van der Waals surface area contributed by atoms with E-state index in [1.165, 1.54) is 36.2 Å². The van der Waals surface area contributed by atoms with E-state index in [2.05, 4.69) is 26.8 Å². The molecule has 0 saturated carbocycles. The average Bonchev–Trinajstić information content (AvgIpc) is 3.62. The van der Waals surface area contributed by atoms with E-state index in [1.807, 2.05) is 24.4 Å². The minimum absolute atomic E-state index is 0.114. The Labute approximate surface area is 225 Å². The first-order chi connectivity index (χ1) is 18.1. The van der Waals surface area contributed by atoms with Gasteiger partial charge in [0, 0.05) is 52.6 Å². The monoisotopic (exact) mass is 537 g/mol. The number of rotatable bonds is 6. The number of nitrogens with zero attached hydrogens (tertiary/aromatic N) is 3. The first kappa shape index (κ1) is 25.9. The van der Waals surface area contributed by atoms with Crippen molar-refractivity contribution < 1.29 is 4.74 Å². The molecule has 37 heavy (non-hydrogen) atoms. The highest BCUT2D eigenvalue weighted by Crippen LogP contribution is 2.41. The summed E-state index contributed by atoms with van der Waals surface area (Å²) in [5.74, 6) is 0. The molecule has 194 valence electrons. The Bertz CT molecular complexity index is 1420. The van der Waals surface area contributed by atoms with E-state index < -0.39 is 0 Å². The van der Waals surface area contributed by atoms with Crippen molar-refractivity contribution in [2.75, 3.05) is 38.7 Å². The lowest BCUT2D eigenvalue weighted by molar-refractivity contribution is 0.202. The third-order valence-electron chi connectivity index (χ3n) is 6.65. The number of pyridine rings is 1. The molecule has 0 aliphatic carbocycles. The predicted octanol–water partition coefficient (Wildman–Crippen LogP) is 5.14. The number of methoxy groups -OCH3 is 1. The summed E-state index contributed by atoms with van der Waals surface area (Å²) in [7, 11) is 1.65. The maximum absolute atomic E-state index is 12.5. The van der Waals surface area contributed by atoms with Gasteiger partial charge >= 0.3 is 0 Å². The molecule has 1 aromatic carbocycles. The number of hydrogen-bond donors (Lipinski definition) is 2. The molecule has 2 N–H and O–H groups in total. The summed E-state index contributed by atoms with van der Waals surface area (Å²) >= 11 is 8.11. The quantitative estimate of drug-likeness (QED) is 0.354. The van der Waals surface area contributed by atoms with E-state index in [0.29, 0.717) is 19.6 Å². The number of halogens is 1. The standard InChI is InChI=1S/C24H23ClN4O2S.C4H9N/c1-31-8-5-15-9-22(30)29(28-13-15)14-18-12-21-24(32-18)19(4-7-26-21)20-11-17(25)10-16-3-2-6-27-23(16)20;1-2-4-5-3-1/h4,7,9-13,27H,2-3,5-6,8,14H2,1H3;5H,1-4H2. The van der Waals surface area contributed by atoms with Crippen molar-refractivity contribution in [3.8, 4) is 11.1 Å². The fraction of sp³-hybridized carbons (Fsp3) is 0.393. The second kappa shape index (κ2) is 12.2. The number of nitrogens with one attached hydrogen (secondary N) is 2. The summed E-state index contributed by atoms with van der Waals surface area (Å²) in [6.45, 7) is 4.44. The van der Waals surface area contributed by atoms with Crippen molar-refractivity contribution in [1.82, 2.24) is 20.1 Å². The SMILES string of the molecule is C1CCNC1.COCCc1cnn(Cc2cc3nccc(-c4cc(Cl)cc5c4NCCC5)c3s2)c(=O)c1. The molecule has 0 atom stereocenters. The molecule has 4 aromatic rings. The lowest BCUT2D eigenvalue weighted by atomic mass is 9.95. The van der Waals surface area contributed by atoms with Crippen LogP contribution < -0.4 is 16.2 Å². The van der Waals surface area contributed by atoms with Crippen molar-refractivity contribution >= 4 is 38.8 Å². The zero-order chi connectivity index (χ0) is 25.6. The van der Waals surface area contributed by atoms with E-state index in [1.54, 1.807) is 30.7 Å². The molecular formula is C28H32ClN5O2S. The van der Waals surface area contributed by atoms with Gasteiger partial charge in [-0.3, -0.25) is 9.78 Å². The van der Waals surface area contributed by atoms with Crippen LogP contribution in [0.25, 0.3) is 21.3 Å². The van der Waals surface area contributed by atoms with Gasteiger partial charge in [-0.05, 0) is 80.6 Å². The van der Waals surface area contributed by atoms with Gasteiger partial charge in [-0.1, -0.05) is 11.6 Å². The molecule has 9 heteroatoms. The summed E-state index contributed by atoms with van der Waals surface area (Å²) in [6.07, 6.45) is 9.15. The lowest BCUT2D eigenvalue weighted by Crippen LogP contribution is -2.23. The van der Waals surface area contributed by atoms with Crippen LogP contribution in [0.2, 0.25) is 5.02 Å². The molecule has 0 spiro atoms. The van der Waals surface area contributed by atoms with Crippen LogP contribution in [0.4, 0.5) is 5.69 Å². The number of anilines is 1. The second-order valence-corrected chi connectivity index (χ2v) is 10.9. The number of aryl methyl sites for hydroxylation is 1. The molecule has 3 aromatic heterocycles. The minimum Gasteiger partial charge on any atom is -0.384 e. The van der Waals surface area contributed by atoms with Crippen LogP contribution >= 0.6 is 22.9 Å². The summed E-state index contributed by atoms with van der Waals surface area (Å²) in [4.78, 5) is 18.1. The highest BCUT2D eigenvalue weighted by atomic mass is 35.5. The third kappa shape index (κ3) is 6.21. The second-order valence-electron chi connectivity index (χ2n) is 9.36. The number of fused-ring (bicyclic) bond motifs is 2. The maximum atomic E-state index is 12.5. The summed E-state index contributed by atoms with van der Waals surface area (Å²) < 4.78 is 7.66. The Kier molecular flexibility index (Phi) is 8.51. The lowest BCUT2D eigenvalue weighted by Gasteiger charge is -2.22. The zero-order valence-electron chi connectivity index (χ0n) is 21.1. The molecule has 1 fully saturated rings. The van der Waals surface area contributed by atoms with Crippen molar-refractivity contribution in [2.24, 2.45) is 0 Å². The Balaban J connectivity index is 0.000000503. The smallest absolute Gasteiger partial charge is 0.267 e. The van der Waals surface area contributed by atoms with Gasteiger partial charge in [0.15, 0.2) is 0 Å². The molecular weight excluding hydrogens is 506 g/mol. The van der Waals surface area contributed by atoms with Crippen molar-refractivity contribution in [3.63, 3.8) is 0 Å². The van der Waals surface area contributed by atoms with Gasteiger partial charge in [0.2, 0.25) is 0 Å². The van der Waals surface area contributed by atoms with Crippen LogP contribution in [-0.4, -0.2) is 48.1 Å². The number of benzene rings is 1. The molecule has 1 saturated heterocycles. The van der Waals surface area contributed by atoms with Gasteiger partial charge in [-0.25, -0.2) is 4.68 Å². The third-order valence-corrected chi connectivity index (χ3v) is 8.01. The van der Waals surface area contributed by atoms with Gasteiger partial charge in [0.1, 0.15) is 0 Å². The van der Waals surface area contributed by atoms with E-state index in [9.17, 15) is 4.79 Å². The van der Waals surface area contributed by atoms with Crippen LogP contribution in [0.5, 0.6) is 0 Å². The van der Waals surface area contributed by atoms with Gasteiger partial charge in [-0.2, -0.15) is 5.10 Å². The summed E-state index contributed by atoms with van der Waals surface area (Å²) in [5.41, 5.74) is 6.30. The van der Waals surface area contributed by atoms with Crippen LogP contribution in [0.15, 0.2) is 47.5 Å². The van der Waals surface area contributed by atoms with Crippen LogP contribution in [0.3, 0.4) is 0 Å².